The zero-order chi connectivity index (χ0) is 31.1. The topological polar surface area (TPSA) is 165 Å². The fourth-order valence-electron chi connectivity index (χ4n) is 5.42. The highest BCUT2D eigenvalue weighted by molar-refractivity contribution is 5.88. The molecule has 0 saturated carbocycles. The molecule has 2 aliphatic heterocycles. The van der Waals surface area contributed by atoms with Crippen LogP contribution < -0.4 is 0 Å². The Hall–Kier alpha value is -3.87. The van der Waals surface area contributed by atoms with Crippen LogP contribution in [0.5, 0.6) is 0 Å². The van der Waals surface area contributed by atoms with E-state index in [1.165, 1.54) is 11.6 Å². The summed E-state index contributed by atoms with van der Waals surface area (Å²) >= 11 is 0. The van der Waals surface area contributed by atoms with Gasteiger partial charge in [0.25, 0.3) is 0 Å². The van der Waals surface area contributed by atoms with Gasteiger partial charge in [-0.05, 0) is 48.1 Å². The van der Waals surface area contributed by atoms with Crippen molar-refractivity contribution in [2.75, 3.05) is 33.7 Å². The van der Waals surface area contributed by atoms with Crippen molar-refractivity contribution in [1.82, 2.24) is 9.80 Å². The maximum atomic E-state index is 13.8. The van der Waals surface area contributed by atoms with Gasteiger partial charge < -0.3 is 35.0 Å². The maximum Gasteiger partial charge on any atom is 0.336 e. The molecule has 2 aromatic rings. The highest BCUT2D eigenvalue weighted by atomic mass is 19.1. The van der Waals surface area contributed by atoms with Crippen LogP contribution in [-0.4, -0.2) is 93.4 Å². The van der Waals surface area contributed by atoms with Crippen molar-refractivity contribution in [3.8, 4) is 0 Å². The number of aliphatic hydroxyl groups is 1. The molecule has 11 nitrogen and oxygen atoms in total. The van der Waals surface area contributed by atoms with Gasteiger partial charge in [0.1, 0.15) is 5.82 Å². The first-order valence-electron chi connectivity index (χ1n) is 13.5. The highest BCUT2D eigenvalue weighted by Crippen LogP contribution is 2.44. The number of carbonyl (C=O) groups is 4. The first-order valence-corrected chi connectivity index (χ1v) is 13.5. The Morgan fingerprint density at radius 2 is 1.60 bits per heavy atom. The summed E-state index contributed by atoms with van der Waals surface area (Å²) in [6.07, 6.45) is 0.114. The molecule has 1 amide bonds. The smallest absolute Gasteiger partial charge is 0.336 e. The first-order chi connectivity index (χ1) is 19.7. The number of carboxylic acids is 3. The third kappa shape index (κ3) is 8.34. The zero-order valence-electron chi connectivity index (χ0n) is 23.7. The summed E-state index contributed by atoms with van der Waals surface area (Å²) < 4.78 is 20.0. The molecule has 42 heavy (non-hydrogen) atoms. The molecule has 4 rings (SSSR count). The minimum atomic E-state index is -2.74. The predicted molar refractivity (Wildman–Crippen MR) is 148 cm³/mol. The number of benzene rings is 2. The Morgan fingerprint density at radius 1 is 1.00 bits per heavy atom. The quantitative estimate of drug-likeness (QED) is 0.324. The van der Waals surface area contributed by atoms with Crippen LogP contribution in [0.15, 0.2) is 48.5 Å². The lowest BCUT2D eigenvalue weighted by molar-refractivity contribution is -0.170. The van der Waals surface area contributed by atoms with Gasteiger partial charge >= 0.3 is 17.9 Å². The van der Waals surface area contributed by atoms with Gasteiger partial charge in [-0.15, -0.1) is 0 Å². The molecule has 1 saturated heterocycles. The molecular formula is C30H37FN2O9. The summed E-state index contributed by atoms with van der Waals surface area (Å²) in [7, 11) is 3.65. The molecular weight excluding hydrogens is 551 g/mol. The lowest BCUT2D eigenvalue weighted by Crippen LogP contribution is -2.46. The van der Waals surface area contributed by atoms with Gasteiger partial charge in [0.15, 0.2) is 5.60 Å². The number of aliphatic carboxylic acids is 3. The number of piperidine rings is 1. The highest BCUT2D eigenvalue weighted by Gasteiger charge is 2.43. The number of fused-ring (bicyclic) bond motifs is 2. The van der Waals surface area contributed by atoms with Gasteiger partial charge in [0.05, 0.1) is 31.0 Å². The van der Waals surface area contributed by atoms with E-state index >= 15 is 0 Å². The second kappa shape index (κ2) is 13.9. The summed E-state index contributed by atoms with van der Waals surface area (Å²) in [5.41, 5.74) is 0.197. The number of amides is 1. The van der Waals surface area contributed by atoms with Crippen LogP contribution in [0.25, 0.3) is 0 Å². The number of halogens is 1. The maximum absolute atomic E-state index is 13.8. The van der Waals surface area contributed by atoms with Crippen LogP contribution in [0.1, 0.15) is 42.4 Å². The van der Waals surface area contributed by atoms with Crippen molar-refractivity contribution in [3.05, 3.63) is 71.0 Å². The van der Waals surface area contributed by atoms with Gasteiger partial charge in [-0.25, -0.2) is 9.18 Å². The van der Waals surface area contributed by atoms with Gasteiger partial charge in [0, 0.05) is 33.7 Å². The second-order valence-corrected chi connectivity index (χ2v) is 11.0. The third-order valence-electron chi connectivity index (χ3n) is 7.61. The fraction of sp³-hybridized carbons (Fsp3) is 0.467. The standard InChI is InChI=1S/C24H29FN2O2.C6H8O7/c1-26(2)23(28)20(14-18-6-4-3-5-7-18)16-27-12-10-24(11-13-27)22-15-21(25)9-8-19(22)17-29-24;7-3(8)1-6(13,5(11)12)2-4(9)10/h3-9,15,20H,10-14,16-17H2,1-2H3;13H,1-2H2,(H,7,8)(H,9,10)(H,11,12). The average Bonchev–Trinajstić information content (AvgIpc) is 3.26. The SMILES string of the molecule is CN(C)C(=O)C(Cc1ccccc1)CN1CCC2(CC1)OCc1ccc(F)cc12.O=C(O)CC(O)(CC(=O)O)C(=O)O. The molecule has 1 spiro atoms. The number of carboxylic acid groups (broad SMARTS) is 3. The van der Waals surface area contributed by atoms with Crippen molar-refractivity contribution < 1.29 is 48.7 Å². The monoisotopic (exact) mass is 588 g/mol. The van der Waals surface area contributed by atoms with Gasteiger partial charge in [-0.3, -0.25) is 14.4 Å². The fourth-order valence-corrected chi connectivity index (χ4v) is 5.42. The van der Waals surface area contributed by atoms with Crippen LogP contribution in [0.3, 0.4) is 0 Å². The number of hydrogen-bond donors (Lipinski definition) is 4. The number of rotatable bonds is 10. The lowest BCUT2D eigenvalue weighted by atomic mass is 9.83. The van der Waals surface area contributed by atoms with Gasteiger partial charge in [0.2, 0.25) is 5.91 Å². The summed E-state index contributed by atoms with van der Waals surface area (Å²) in [4.78, 5) is 47.3. The number of likely N-dealkylation sites (tertiary alicyclic amines) is 1. The van der Waals surface area contributed by atoms with E-state index in [1.54, 1.807) is 11.0 Å². The van der Waals surface area contributed by atoms with Crippen LogP contribution >= 0.6 is 0 Å². The third-order valence-corrected chi connectivity index (χ3v) is 7.61. The van der Waals surface area contributed by atoms with E-state index < -0.39 is 36.4 Å². The number of ether oxygens (including phenoxy) is 1. The van der Waals surface area contributed by atoms with Crippen LogP contribution in [0.2, 0.25) is 0 Å². The van der Waals surface area contributed by atoms with E-state index in [4.69, 9.17) is 25.2 Å². The summed E-state index contributed by atoms with van der Waals surface area (Å²) in [5, 5.41) is 33.8. The molecule has 0 aliphatic carbocycles. The Kier molecular flexibility index (Phi) is 10.8. The van der Waals surface area contributed by atoms with Crippen LogP contribution in [0.4, 0.5) is 4.39 Å². The van der Waals surface area contributed by atoms with Crippen molar-refractivity contribution in [2.45, 2.75) is 49.9 Å². The molecule has 2 heterocycles. The summed E-state index contributed by atoms with van der Waals surface area (Å²) in [6.45, 7) is 2.99. The van der Waals surface area contributed by atoms with Crippen LogP contribution in [0, 0.1) is 11.7 Å². The van der Waals surface area contributed by atoms with E-state index in [2.05, 4.69) is 17.0 Å². The lowest BCUT2D eigenvalue weighted by Gasteiger charge is -2.40. The second-order valence-electron chi connectivity index (χ2n) is 11.0. The number of hydrogen-bond acceptors (Lipinski definition) is 7. The molecule has 0 radical (unpaired) electrons. The molecule has 0 bridgehead atoms. The van der Waals surface area contributed by atoms with E-state index in [9.17, 15) is 23.6 Å². The summed E-state index contributed by atoms with van der Waals surface area (Å²) in [5.74, 6) is -5.13. The summed E-state index contributed by atoms with van der Waals surface area (Å²) in [6, 6.07) is 15.2. The van der Waals surface area contributed by atoms with Crippen LogP contribution in [-0.2, 0) is 42.5 Å². The number of nitrogens with zero attached hydrogens (tertiary/aromatic N) is 2. The average molecular weight is 589 g/mol. The Bertz CT molecular complexity index is 1260. The molecule has 2 aromatic carbocycles. The zero-order valence-corrected chi connectivity index (χ0v) is 23.7. The van der Waals surface area contributed by atoms with E-state index in [0.29, 0.717) is 6.61 Å². The molecule has 228 valence electrons. The van der Waals surface area contributed by atoms with Crippen molar-refractivity contribution in [1.29, 1.82) is 0 Å². The van der Waals surface area contributed by atoms with Gasteiger partial charge in [-0.2, -0.15) is 0 Å². The minimum absolute atomic E-state index is 0.0734. The normalized spacial score (nSPS) is 16.6. The molecule has 12 heteroatoms. The van der Waals surface area contributed by atoms with Crippen molar-refractivity contribution in [2.24, 2.45) is 5.92 Å². The largest absolute Gasteiger partial charge is 0.481 e. The van der Waals surface area contributed by atoms with Crippen molar-refractivity contribution in [3.63, 3.8) is 0 Å². The molecule has 1 fully saturated rings. The molecule has 4 N–H and O–H groups in total. The van der Waals surface area contributed by atoms with E-state index in [-0.39, 0.29) is 23.2 Å². The molecule has 0 aromatic heterocycles. The predicted octanol–water partition coefficient (Wildman–Crippen LogP) is 2.35. The molecule has 2 aliphatic rings. The van der Waals surface area contributed by atoms with E-state index in [0.717, 1.165) is 50.0 Å². The minimum Gasteiger partial charge on any atom is -0.481 e. The number of carbonyl (C=O) groups excluding carboxylic acids is 1. The Labute approximate surface area is 243 Å². The first kappa shape index (κ1) is 32.6. The van der Waals surface area contributed by atoms with Gasteiger partial charge in [-0.1, -0.05) is 36.4 Å². The molecule has 1 atom stereocenters. The Morgan fingerprint density at radius 3 is 2.12 bits per heavy atom. The molecule has 1 unspecified atom stereocenters. The Balaban J connectivity index is 0.000000316. The van der Waals surface area contributed by atoms with E-state index in [1.807, 2.05) is 38.4 Å². The van der Waals surface area contributed by atoms with Crippen molar-refractivity contribution >= 4 is 23.8 Å².